The number of imidazole rings is 1. The van der Waals surface area contributed by atoms with E-state index in [2.05, 4.69) is 39.9 Å². The van der Waals surface area contributed by atoms with Crippen molar-refractivity contribution in [2.24, 2.45) is 5.92 Å². The minimum atomic E-state index is 0.109. The number of carbonyl (C=O) groups is 1. The highest BCUT2D eigenvalue weighted by molar-refractivity contribution is 5.78. The molecule has 0 spiro atoms. The average molecular weight is 300 g/mol. The fraction of sp³-hybridized carbons (Fsp3) is 0.529. The van der Waals surface area contributed by atoms with Crippen molar-refractivity contribution in [3.8, 4) is 0 Å². The van der Waals surface area contributed by atoms with Crippen LogP contribution in [0.2, 0.25) is 0 Å². The minimum Gasteiger partial charge on any atom is -0.359 e. The first-order valence-corrected chi connectivity index (χ1v) is 8.11. The van der Waals surface area contributed by atoms with Gasteiger partial charge in [0.15, 0.2) is 0 Å². The molecule has 0 aliphatic carbocycles. The molecule has 2 aromatic rings. The van der Waals surface area contributed by atoms with Crippen molar-refractivity contribution in [1.29, 1.82) is 0 Å². The third kappa shape index (κ3) is 2.86. The Morgan fingerprint density at radius 3 is 3.00 bits per heavy atom. The number of fused-ring (bicyclic) bond motifs is 1. The van der Waals surface area contributed by atoms with Crippen molar-refractivity contribution in [2.75, 3.05) is 20.1 Å². The van der Waals surface area contributed by atoms with Crippen molar-refractivity contribution in [1.82, 2.24) is 19.8 Å². The van der Waals surface area contributed by atoms with E-state index in [-0.39, 0.29) is 11.8 Å². The molecule has 5 nitrogen and oxygen atoms in total. The van der Waals surface area contributed by atoms with Gasteiger partial charge in [-0.15, -0.1) is 0 Å². The van der Waals surface area contributed by atoms with Crippen LogP contribution in [0.1, 0.15) is 25.6 Å². The van der Waals surface area contributed by atoms with E-state index < -0.39 is 0 Å². The number of benzene rings is 1. The number of aromatic nitrogens is 2. The predicted octanol–water partition coefficient (Wildman–Crippen LogP) is 2.01. The van der Waals surface area contributed by atoms with Gasteiger partial charge in [-0.25, -0.2) is 4.98 Å². The van der Waals surface area contributed by atoms with Crippen LogP contribution in [-0.4, -0.2) is 40.5 Å². The molecule has 0 bridgehead atoms. The second-order valence-electron chi connectivity index (χ2n) is 5.95. The summed E-state index contributed by atoms with van der Waals surface area (Å²) < 4.78 is 2.28. The van der Waals surface area contributed by atoms with Gasteiger partial charge in [0.2, 0.25) is 5.91 Å². The Labute approximate surface area is 131 Å². The van der Waals surface area contributed by atoms with Crippen molar-refractivity contribution in [2.45, 2.75) is 32.9 Å². The number of hydrogen-bond acceptors (Lipinski definition) is 3. The first-order chi connectivity index (χ1) is 10.7. The number of para-hydroxylation sites is 2. The number of nitrogens with one attached hydrogen (secondary N) is 1. The summed E-state index contributed by atoms with van der Waals surface area (Å²) in [7, 11) is 1.72. The third-order valence-electron chi connectivity index (χ3n) is 4.54. The number of aryl methyl sites for hydroxylation is 1. The van der Waals surface area contributed by atoms with Crippen molar-refractivity contribution in [3.63, 3.8) is 0 Å². The van der Waals surface area contributed by atoms with Gasteiger partial charge >= 0.3 is 0 Å². The van der Waals surface area contributed by atoms with Crippen LogP contribution >= 0.6 is 0 Å². The molecule has 0 saturated carbocycles. The lowest BCUT2D eigenvalue weighted by Gasteiger charge is -2.31. The second kappa shape index (κ2) is 6.48. The number of rotatable bonds is 4. The van der Waals surface area contributed by atoms with E-state index >= 15 is 0 Å². The first kappa shape index (κ1) is 15.0. The maximum Gasteiger partial charge on any atom is 0.224 e. The molecule has 3 rings (SSSR count). The maximum absolute atomic E-state index is 11.9. The van der Waals surface area contributed by atoms with Crippen LogP contribution < -0.4 is 5.32 Å². The quantitative estimate of drug-likeness (QED) is 0.940. The predicted molar refractivity (Wildman–Crippen MR) is 87.5 cm³/mol. The van der Waals surface area contributed by atoms with Gasteiger partial charge < -0.3 is 9.88 Å². The summed E-state index contributed by atoms with van der Waals surface area (Å²) in [5.74, 6) is 1.37. The molecule has 1 fully saturated rings. The molecule has 1 saturated heterocycles. The lowest BCUT2D eigenvalue weighted by molar-refractivity contribution is -0.126. The normalized spacial score (nSPS) is 19.5. The number of piperidine rings is 1. The van der Waals surface area contributed by atoms with Gasteiger partial charge in [-0.2, -0.15) is 0 Å². The zero-order chi connectivity index (χ0) is 15.5. The molecular formula is C17H24N4O. The Balaban J connectivity index is 1.79. The van der Waals surface area contributed by atoms with Gasteiger partial charge in [0.25, 0.3) is 0 Å². The van der Waals surface area contributed by atoms with Gasteiger partial charge in [0, 0.05) is 20.1 Å². The Morgan fingerprint density at radius 1 is 1.41 bits per heavy atom. The van der Waals surface area contributed by atoms with Gasteiger partial charge in [-0.1, -0.05) is 12.1 Å². The van der Waals surface area contributed by atoms with E-state index in [4.69, 9.17) is 4.98 Å². The van der Waals surface area contributed by atoms with Crippen LogP contribution in [0.4, 0.5) is 0 Å². The summed E-state index contributed by atoms with van der Waals surface area (Å²) in [6, 6.07) is 8.28. The third-order valence-corrected chi connectivity index (χ3v) is 4.54. The van der Waals surface area contributed by atoms with Gasteiger partial charge in [-0.05, 0) is 38.4 Å². The molecule has 2 heterocycles. The average Bonchev–Trinajstić information content (AvgIpc) is 2.91. The maximum atomic E-state index is 11.9. The molecule has 118 valence electrons. The Bertz CT molecular complexity index is 664. The van der Waals surface area contributed by atoms with E-state index in [1.807, 2.05) is 6.07 Å². The van der Waals surface area contributed by atoms with Crippen molar-refractivity contribution < 1.29 is 4.79 Å². The molecular weight excluding hydrogens is 276 g/mol. The number of nitrogens with zero attached hydrogens (tertiary/aromatic N) is 3. The summed E-state index contributed by atoms with van der Waals surface area (Å²) >= 11 is 0. The second-order valence-corrected chi connectivity index (χ2v) is 5.95. The largest absolute Gasteiger partial charge is 0.359 e. The highest BCUT2D eigenvalue weighted by Crippen LogP contribution is 2.21. The van der Waals surface area contributed by atoms with Crippen molar-refractivity contribution >= 4 is 16.9 Å². The number of likely N-dealkylation sites (tertiary alicyclic amines) is 1. The first-order valence-electron chi connectivity index (χ1n) is 8.11. The number of hydrogen-bond donors (Lipinski definition) is 1. The van der Waals surface area contributed by atoms with Crippen LogP contribution in [0.5, 0.6) is 0 Å². The zero-order valence-corrected chi connectivity index (χ0v) is 13.4. The van der Waals surface area contributed by atoms with E-state index in [0.717, 1.165) is 50.4 Å². The standard InChI is InChI=1S/C17H24N4O/c1-3-21-15-9-5-4-8-14(15)19-16(21)12-20-10-6-7-13(11-20)17(22)18-2/h4-5,8-9,13H,3,6-7,10-12H2,1-2H3,(H,18,22)/t13-/m1/s1. The molecule has 0 radical (unpaired) electrons. The summed E-state index contributed by atoms with van der Waals surface area (Å²) in [6.45, 7) is 5.76. The monoisotopic (exact) mass is 300 g/mol. The van der Waals surface area contributed by atoms with Gasteiger partial charge in [0.1, 0.15) is 5.82 Å². The molecule has 1 atom stereocenters. The fourth-order valence-corrected chi connectivity index (χ4v) is 3.42. The molecule has 1 aromatic heterocycles. The summed E-state index contributed by atoms with van der Waals surface area (Å²) in [5, 5.41) is 2.78. The van der Waals surface area contributed by atoms with Gasteiger partial charge in [0.05, 0.1) is 23.5 Å². The smallest absolute Gasteiger partial charge is 0.224 e. The Kier molecular flexibility index (Phi) is 4.43. The number of amides is 1. The topological polar surface area (TPSA) is 50.2 Å². The molecule has 5 heteroatoms. The summed E-state index contributed by atoms with van der Waals surface area (Å²) in [4.78, 5) is 19.0. The fourth-order valence-electron chi connectivity index (χ4n) is 3.42. The molecule has 1 amide bonds. The van der Waals surface area contributed by atoms with Crippen LogP contribution in [0, 0.1) is 5.92 Å². The lowest BCUT2D eigenvalue weighted by Crippen LogP contribution is -2.42. The van der Waals surface area contributed by atoms with Crippen molar-refractivity contribution in [3.05, 3.63) is 30.1 Å². The molecule has 1 aliphatic heterocycles. The van der Waals surface area contributed by atoms with Crippen LogP contribution in [0.25, 0.3) is 11.0 Å². The van der Waals surface area contributed by atoms with E-state index in [0.29, 0.717) is 0 Å². The summed E-state index contributed by atoms with van der Waals surface area (Å²) in [6.07, 6.45) is 2.06. The van der Waals surface area contributed by atoms with Crippen LogP contribution in [0.15, 0.2) is 24.3 Å². The van der Waals surface area contributed by atoms with Crippen LogP contribution in [-0.2, 0) is 17.9 Å². The van der Waals surface area contributed by atoms with E-state index in [1.54, 1.807) is 7.05 Å². The number of carbonyl (C=O) groups excluding carboxylic acids is 1. The minimum absolute atomic E-state index is 0.109. The zero-order valence-electron chi connectivity index (χ0n) is 13.4. The van der Waals surface area contributed by atoms with E-state index in [1.165, 1.54) is 5.52 Å². The molecule has 1 aromatic carbocycles. The molecule has 1 aliphatic rings. The SMILES string of the molecule is CCn1c(CN2CCC[C@@H](C(=O)NC)C2)nc2ccccc21. The molecule has 22 heavy (non-hydrogen) atoms. The van der Waals surface area contributed by atoms with Gasteiger partial charge in [-0.3, -0.25) is 9.69 Å². The summed E-state index contributed by atoms with van der Waals surface area (Å²) in [5.41, 5.74) is 2.25. The highest BCUT2D eigenvalue weighted by Gasteiger charge is 2.26. The highest BCUT2D eigenvalue weighted by atomic mass is 16.1. The van der Waals surface area contributed by atoms with Crippen LogP contribution in [0.3, 0.4) is 0 Å². The van der Waals surface area contributed by atoms with E-state index in [9.17, 15) is 4.79 Å². The lowest BCUT2D eigenvalue weighted by atomic mass is 9.97. The molecule has 0 unspecified atom stereocenters. The Hall–Kier alpha value is -1.88. The Morgan fingerprint density at radius 2 is 2.23 bits per heavy atom. The molecule has 1 N–H and O–H groups in total.